The van der Waals surface area contributed by atoms with Crippen LogP contribution in [-0.2, 0) is 0 Å². The van der Waals surface area contributed by atoms with E-state index in [1.54, 1.807) is 6.92 Å². The maximum absolute atomic E-state index is 12.2. The van der Waals surface area contributed by atoms with Crippen LogP contribution in [-0.4, -0.2) is 28.8 Å². The van der Waals surface area contributed by atoms with E-state index in [4.69, 9.17) is 5.26 Å². The Morgan fingerprint density at radius 1 is 1.53 bits per heavy atom. The Bertz CT molecular complexity index is 534. The molecule has 0 aliphatic rings. The number of nitriles is 1. The smallest absolute Gasteiger partial charge is 0.272 e. The molecule has 6 nitrogen and oxygen atoms in total. The zero-order valence-corrected chi connectivity index (χ0v) is 10.9. The van der Waals surface area contributed by atoms with Gasteiger partial charge in [0.15, 0.2) is 0 Å². The van der Waals surface area contributed by atoms with Gasteiger partial charge in [-0.3, -0.25) is 14.9 Å². The van der Waals surface area contributed by atoms with Gasteiger partial charge in [0.1, 0.15) is 6.54 Å². The molecule has 0 aliphatic heterocycles. The summed E-state index contributed by atoms with van der Waals surface area (Å²) < 4.78 is 0. The van der Waals surface area contributed by atoms with Gasteiger partial charge in [0.25, 0.3) is 11.6 Å². The first-order chi connectivity index (χ1) is 9.01. The molecule has 0 heterocycles. The number of carbonyl (C=O) groups is 1. The van der Waals surface area contributed by atoms with E-state index in [1.807, 2.05) is 13.0 Å². The summed E-state index contributed by atoms with van der Waals surface area (Å²) in [6, 6.07) is 6.17. The molecule has 0 radical (unpaired) electrons. The average Bonchev–Trinajstić information content (AvgIpc) is 2.37. The molecule has 0 spiro atoms. The van der Waals surface area contributed by atoms with E-state index in [1.165, 1.54) is 23.1 Å². The van der Waals surface area contributed by atoms with E-state index in [0.29, 0.717) is 17.7 Å². The molecule has 19 heavy (non-hydrogen) atoms. The predicted molar refractivity (Wildman–Crippen MR) is 69.6 cm³/mol. The minimum atomic E-state index is -0.483. The summed E-state index contributed by atoms with van der Waals surface area (Å²) in [5.74, 6) is -0.276. The molecule has 1 amide bonds. The Hall–Kier alpha value is -2.42. The zero-order chi connectivity index (χ0) is 14.4. The monoisotopic (exact) mass is 261 g/mol. The number of amides is 1. The van der Waals surface area contributed by atoms with Gasteiger partial charge in [0.2, 0.25) is 0 Å². The van der Waals surface area contributed by atoms with Crippen molar-refractivity contribution < 1.29 is 9.72 Å². The van der Waals surface area contributed by atoms with Crippen molar-refractivity contribution >= 4 is 11.6 Å². The maximum Gasteiger partial charge on any atom is 0.272 e. The molecule has 0 aliphatic carbocycles. The first-order valence-corrected chi connectivity index (χ1v) is 5.92. The summed E-state index contributed by atoms with van der Waals surface area (Å²) in [6.45, 7) is 4.01. The minimum absolute atomic E-state index is 0.0149. The van der Waals surface area contributed by atoms with Crippen LogP contribution in [0, 0.1) is 28.4 Å². The molecular formula is C13H15N3O3. The fourth-order valence-corrected chi connectivity index (χ4v) is 1.78. The van der Waals surface area contributed by atoms with Gasteiger partial charge in [-0.25, -0.2) is 0 Å². The van der Waals surface area contributed by atoms with E-state index >= 15 is 0 Å². The van der Waals surface area contributed by atoms with Crippen molar-refractivity contribution in [1.82, 2.24) is 4.90 Å². The van der Waals surface area contributed by atoms with Gasteiger partial charge in [0.05, 0.1) is 11.0 Å². The van der Waals surface area contributed by atoms with E-state index in [9.17, 15) is 14.9 Å². The quantitative estimate of drug-likeness (QED) is 0.462. The molecule has 1 aromatic carbocycles. The lowest BCUT2D eigenvalue weighted by atomic mass is 10.1. The molecule has 0 atom stereocenters. The van der Waals surface area contributed by atoms with E-state index in [2.05, 4.69) is 0 Å². The number of hydrogen-bond donors (Lipinski definition) is 0. The van der Waals surface area contributed by atoms with Gasteiger partial charge in [-0.15, -0.1) is 0 Å². The summed E-state index contributed by atoms with van der Waals surface area (Å²) in [4.78, 5) is 23.8. The number of benzene rings is 1. The summed E-state index contributed by atoms with van der Waals surface area (Å²) in [5.41, 5.74) is 0.787. The highest BCUT2D eigenvalue weighted by Gasteiger charge is 2.18. The number of nitro groups is 1. The molecule has 100 valence electrons. The number of nitrogens with zero attached hydrogens (tertiary/aromatic N) is 3. The fraction of sp³-hybridized carbons (Fsp3) is 0.385. The van der Waals surface area contributed by atoms with Crippen LogP contribution in [0.25, 0.3) is 0 Å². The lowest BCUT2D eigenvalue weighted by Crippen LogP contribution is -2.32. The third-order valence-corrected chi connectivity index (χ3v) is 2.68. The second kappa shape index (κ2) is 6.50. The second-order valence-corrected chi connectivity index (χ2v) is 4.14. The molecule has 0 unspecified atom stereocenters. The van der Waals surface area contributed by atoms with Gasteiger partial charge in [0, 0.05) is 23.7 Å². The maximum atomic E-state index is 12.2. The average molecular weight is 261 g/mol. The van der Waals surface area contributed by atoms with Gasteiger partial charge < -0.3 is 4.90 Å². The number of rotatable bonds is 5. The van der Waals surface area contributed by atoms with E-state index in [-0.39, 0.29) is 18.1 Å². The van der Waals surface area contributed by atoms with Crippen LogP contribution in [0.4, 0.5) is 5.69 Å². The fourth-order valence-electron chi connectivity index (χ4n) is 1.78. The highest BCUT2D eigenvalue weighted by Crippen LogP contribution is 2.19. The Morgan fingerprint density at radius 2 is 2.21 bits per heavy atom. The third-order valence-electron chi connectivity index (χ3n) is 2.68. The van der Waals surface area contributed by atoms with Crippen LogP contribution < -0.4 is 0 Å². The molecule has 0 bridgehead atoms. The number of nitro benzene ring substituents is 1. The van der Waals surface area contributed by atoms with Crippen molar-refractivity contribution in [1.29, 1.82) is 5.26 Å². The van der Waals surface area contributed by atoms with Gasteiger partial charge in [-0.05, 0) is 25.5 Å². The Balaban J connectivity index is 3.02. The van der Waals surface area contributed by atoms with Gasteiger partial charge in [-0.1, -0.05) is 6.92 Å². The Morgan fingerprint density at radius 3 is 2.68 bits per heavy atom. The molecule has 0 saturated heterocycles. The van der Waals surface area contributed by atoms with Crippen LogP contribution in [0.1, 0.15) is 29.3 Å². The molecule has 0 saturated carbocycles. The topological polar surface area (TPSA) is 87.2 Å². The van der Waals surface area contributed by atoms with Crippen molar-refractivity contribution in [2.75, 3.05) is 13.1 Å². The van der Waals surface area contributed by atoms with Crippen molar-refractivity contribution in [3.05, 3.63) is 39.4 Å². The summed E-state index contributed by atoms with van der Waals surface area (Å²) >= 11 is 0. The van der Waals surface area contributed by atoms with E-state index in [0.717, 1.165) is 6.42 Å². The lowest BCUT2D eigenvalue weighted by molar-refractivity contribution is -0.385. The van der Waals surface area contributed by atoms with Crippen LogP contribution in [0.3, 0.4) is 0 Å². The van der Waals surface area contributed by atoms with Gasteiger partial charge in [-0.2, -0.15) is 5.26 Å². The first kappa shape index (κ1) is 14.6. The molecule has 6 heteroatoms. The standard InChI is InChI=1S/C13H15N3O3/c1-3-7-15(8-6-14)13(17)11-4-5-12(16(18)19)10(2)9-11/h4-5,9H,3,7-8H2,1-2H3. The number of carbonyl (C=O) groups excluding carboxylic acids is 1. The summed E-state index contributed by atoms with van der Waals surface area (Å²) in [7, 11) is 0. The van der Waals surface area contributed by atoms with Crippen molar-refractivity contribution in [2.24, 2.45) is 0 Å². The largest absolute Gasteiger partial charge is 0.325 e. The van der Waals surface area contributed by atoms with Crippen LogP contribution in [0.2, 0.25) is 0 Å². The van der Waals surface area contributed by atoms with Crippen LogP contribution in [0.5, 0.6) is 0 Å². The SMILES string of the molecule is CCCN(CC#N)C(=O)c1ccc([N+](=O)[O-])c(C)c1. The first-order valence-electron chi connectivity index (χ1n) is 5.92. The third kappa shape index (κ3) is 3.52. The minimum Gasteiger partial charge on any atom is -0.325 e. The normalized spacial score (nSPS) is 9.74. The summed E-state index contributed by atoms with van der Waals surface area (Å²) in [6.07, 6.45) is 0.749. The molecule has 1 rings (SSSR count). The Kier molecular flexibility index (Phi) is 5.01. The second-order valence-electron chi connectivity index (χ2n) is 4.14. The summed E-state index contributed by atoms with van der Waals surface area (Å²) in [5, 5.41) is 19.4. The van der Waals surface area contributed by atoms with Crippen molar-refractivity contribution in [2.45, 2.75) is 20.3 Å². The molecule has 1 aromatic rings. The van der Waals surface area contributed by atoms with Crippen LogP contribution in [0.15, 0.2) is 18.2 Å². The Labute approximate surface area is 111 Å². The lowest BCUT2D eigenvalue weighted by Gasteiger charge is -2.18. The zero-order valence-electron chi connectivity index (χ0n) is 10.9. The van der Waals surface area contributed by atoms with Crippen molar-refractivity contribution in [3.63, 3.8) is 0 Å². The molecule has 0 fully saturated rings. The predicted octanol–water partition coefficient (Wildman–Crippen LogP) is 2.28. The molecular weight excluding hydrogens is 246 g/mol. The van der Waals surface area contributed by atoms with Crippen LogP contribution >= 0.6 is 0 Å². The number of hydrogen-bond acceptors (Lipinski definition) is 4. The van der Waals surface area contributed by atoms with Gasteiger partial charge >= 0.3 is 0 Å². The highest BCUT2D eigenvalue weighted by atomic mass is 16.6. The highest BCUT2D eigenvalue weighted by molar-refractivity contribution is 5.94. The molecule has 0 N–H and O–H groups in total. The van der Waals surface area contributed by atoms with E-state index < -0.39 is 4.92 Å². The van der Waals surface area contributed by atoms with Crippen molar-refractivity contribution in [3.8, 4) is 6.07 Å². The number of aryl methyl sites for hydroxylation is 1. The molecule has 0 aromatic heterocycles.